The van der Waals surface area contributed by atoms with Crippen LogP contribution in [0.1, 0.15) is 34.6 Å². The summed E-state index contributed by atoms with van der Waals surface area (Å²) >= 11 is 0. The van der Waals surface area contributed by atoms with Crippen molar-refractivity contribution in [2.75, 3.05) is 0 Å². The Morgan fingerprint density at radius 3 is 2.50 bits per heavy atom. The molecule has 0 spiro atoms. The highest BCUT2D eigenvalue weighted by Crippen LogP contribution is 2.39. The molecular weight excluding hydrogens is 216 g/mol. The van der Waals surface area contributed by atoms with Crippen molar-refractivity contribution in [3.63, 3.8) is 0 Å². The van der Waals surface area contributed by atoms with Gasteiger partial charge in [0.25, 0.3) is 0 Å². The molecule has 90 valence electrons. The Hall–Kier alpha value is -1.82. The van der Waals surface area contributed by atoms with Gasteiger partial charge in [0.15, 0.2) is 0 Å². The Labute approximate surface area is 109 Å². The molecule has 0 saturated carbocycles. The Morgan fingerprint density at radius 2 is 1.67 bits per heavy atom. The van der Waals surface area contributed by atoms with Gasteiger partial charge in [0.05, 0.1) is 0 Å². The number of hydrogen-bond acceptors (Lipinski definition) is 0. The molecular formula is C18H18. The summed E-state index contributed by atoms with van der Waals surface area (Å²) in [6, 6.07) is 17.4. The average molecular weight is 234 g/mol. The second kappa shape index (κ2) is 4.45. The molecule has 0 amide bonds. The fraction of sp³-hybridized carbons (Fsp3) is 0.222. The van der Waals surface area contributed by atoms with Crippen molar-refractivity contribution in [1.82, 2.24) is 0 Å². The third kappa shape index (κ3) is 1.88. The Morgan fingerprint density at radius 1 is 0.944 bits per heavy atom. The maximum atomic E-state index is 4.26. The van der Waals surface area contributed by atoms with Crippen LogP contribution in [-0.4, -0.2) is 0 Å². The summed E-state index contributed by atoms with van der Waals surface area (Å²) in [4.78, 5) is 0. The van der Waals surface area contributed by atoms with Crippen LogP contribution >= 0.6 is 0 Å². The van der Waals surface area contributed by atoms with Gasteiger partial charge in [-0.25, -0.2) is 0 Å². The predicted molar refractivity (Wildman–Crippen MR) is 77.7 cm³/mol. The quantitative estimate of drug-likeness (QED) is 0.668. The van der Waals surface area contributed by atoms with Crippen LogP contribution in [0.15, 0.2) is 55.1 Å². The van der Waals surface area contributed by atoms with Gasteiger partial charge in [0.2, 0.25) is 0 Å². The first-order valence-electron chi connectivity index (χ1n) is 6.57. The van der Waals surface area contributed by atoms with Crippen molar-refractivity contribution < 1.29 is 0 Å². The number of aryl methyl sites for hydroxylation is 1. The van der Waals surface area contributed by atoms with E-state index in [0.29, 0.717) is 5.92 Å². The second-order valence-corrected chi connectivity index (χ2v) is 5.22. The highest BCUT2D eigenvalue weighted by atomic mass is 14.3. The van der Waals surface area contributed by atoms with Crippen LogP contribution in [0.3, 0.4) is 0 Å². The summed E-state index contributed by atoms with van der Waals surface area (Å²) in [5.74, 6) is 0.591. The molecule has 0 saturated heterocycles. The smallest absolute Gasteiger partial charge is 0.00782 e. The zero-order chi connectivity index (χ0) is 12.5. The molecule has 0 nitrogen and oxygen atoms in total. The monoisotopic (exact) mass is 234 g/mol. The van der Waals surface area contributed by atoms with Crippen LogP contribution < -0.4 is 0 Å². The summed E-state index contributed by atoms with van der Waals surface area (Å²) in [6.07, 6.45) is 2.22. The van der Waals surface area contributed by atoms with E-state index < -0.39 is 0 Å². The lowest BCUT2D eigenvalue weighted by molar-refractivity contribution is 0.680. The number of benzene rings is 2. The molecule has 0 aromatic heterocycles. The van der Waals surface area contributed by atoms with Crippen LogP contribution in [0.2, 0.25) is 0 Å². The molecule has 3 rings (SSSR count). The summed E-state index contributed by atoms with van der Waals surface area (Å²) in [6.45, 7) is 6.47. The van der Waals surface area contributed by atoms with E-state index in [1.54, 1.807) is 0 Å². The first-order valence-corrected chi connectivity index (χ1v) is 6.57. The number of fused-ring (bicyclic) bond motifs is 1. The summed E-state index contributed by atoms with van der Waals surface area (Å²) < 4.78 is 0. The minimum Gasteiger partial charge on any atom is -0.0952 e. The molecule has 2 aromatic carbocycles. The molecule has 0 fully saturated rings. The van der Waals surface area contributed by atoms with Gasteiger partial charge in [0, 0.05) is 0 Å². The van der Waals surface area contributed by atoms with Crippen LogP contribution in [-0.2, 0) is 6.42 Å². The third-order valence-corrected chi connectivity index (χ3v) is 3.99. The molecule has 0 heterocycles. The highest BCUT2D eigenvalue weighted by molar-refractivity contribution is 5.69. The SMILES string of the molecule is C=C1CC(c2ccccc2C)Cc2ccccc21. The number of allylic oxidation sites excluding steroid dienone is 1. The van der Waals surface area contributed by atoms with Gasteiger partial charge in [-0.1, -0.05) is 55.1 Å². The predicted octanol–water partition coefficient (Wildman–Crippen LogP) is 4.74. The fourth-order valence-electron chi connectivity index (χ4n) is 3.05. The van der Waals surface area contributed by atoms with Gasteiger partial charge in [0.1, 0.15) is 0 Å². The summed E-state index contributed by atoms with van der Waals surface area (Å²) in [5.41, 5.74) is 6.97. The van der Waals surface area contributed by atoms with Gasteiger partial charge in [-0.15, -0.1) is 0 Å². The van der Waals surface area contributed by atoms with Crippen molar-refractivity contribution >= 4 is 5.57 Å². The summed E-state index contributed by atoms with van der Waals surface area (Å²) in [7, 11) is 0. The van der Waals surface area contributed by atoms with E-state index in [-0.39, 0.29) is 0 Å². The topological polar surface area (TPSA) is 0 Å². The van der Waals surface area contributed by atoms with Crippen molar-refractivity contribution in [2.24, 2.45) is 0 Å². The normalized spacial score (nSPS) is 18.5. The standard InChI is InChI=1S/C18H18/c1-13-7-3-5-9-17(13)16-11-14(2)18-10-6-4-8-15(18)12-16/h3-10,16H,2,11-12H2,1H3. The maximum absolute atomic E-state index is 4.26. The molecule has 1 unspecified atom stereocenters. The van der Waals surface area contributed by atoms with E-state index in [9.17, 15) is 0 Å². The molecule has 0 heteroatoms. The van der Waals surface area contributed by atoms with E-state index in [4.69, 9.17) is 0 Å². The first kappa shape index (κ1) is 11.3. The fourth-order valence-corrected chi connectivity index (χ4v) is 3.05. The molecule has 0 bridgehead atoms. The zero-order valence-electron chi connectivity index (χ0n) is 10.8. The second-order valence-electron chi connectivity index (χ2n) is 5.22. The van der Waals surface area contributed by atoms with E-state index >= 15 is 0 Å². The lowest BCUT2D eigenvalue weighted by Gasteiger charge is -2.27. The van der Waals surface area contributed by atoms with E-state index in [1.165, 1.54) is 27.8 Å². The first-order chi connectivity index (χ1) is 8.75. The van der Waals surface area contributed by atoms with Crippen molar-refractivity contribution in [3.8, 4) is 0 Å². The van der Waals surface area contributed by atoms with Crippen LogP contribution in [0, 0.1) is 6.92 Å². The number of hydrogen-bond donors (Lipinski definition) is 0. The molecule has 1 aliphatic rings. The van der Waals surface area contributed by atoms with Gasteiger partial charge in [-0.3, -0.25) is 0 Å². The molecule has 0 N–H and O–H groups in total. The van der Waals surface area contributed by atoms with Crippen LogP contribution in [0.5, 0.6) is 0 Å². The lowest BCUT2D eigenvalue weighted by Crippen LogP contribution is -2.12. The lowest BCUT2D eigenvalue weighted by atomic mass is 9.77. The maximum Gasteiger partial charge on any atom is -0.00782 e. The van der Waals surface area contributed by atoms with Crippen molar-refractivity contribution in [1.29, 1.82) is 0 Å². The minimum atomic E-state index is 0.591. The van der Waals surface area contributed by atoms with E-state index in [1.807, 2.05) is 0 Å². The largest absolute Gasteiger partial charge is 0.0952 e. The van der Waals surface area contributed by atoms with Crippen LogP contribution in [0.4, 0.5) is 0 Å². The molecule has 18 heavy (non-hydrogen) atoms. The van der Waals surface area contributed by atoms with E-state index in [2.05, 4.69) is 62.0 Å². The van der Waals surface area contributed by atoms with Crippen molar-refractivity contribution in [3.05, 3.63) is 77.4 Å². The molecule has 2 aromatic rings. The van der Waals surface area contributed by atoms with Crippen LogP contribution in [0.25, 0.3) is 5.57 Å². The molecule has 0 radical (unpaired) electrons. The Balaban J connectivity index is 2.00. The molecule has 1 aliphatic carbocycles. The highest BCUT2D eigenvalue weighted by Gasteiger charge is 2.22. The average Bonchev–Trinajstić information content (AvgIpc) is 2.39. The Bertz CT molecular complexity index is 592. The molecule has 1 atom stereocenters. The molecule has 0 aliphatic heterocycles. The Kier molecular flexibility index (Phi) is 2.79. The summed E-state index contributed by atoms with van der Waals surface area (Å²) in [5, 5.41) is 0. The van der Waals surface area contributed by atoms with Gasteiger partial charge < -0.3 is 0 Å². The minimum absolute atomic E-state index is 0.591. The van der Waals surface area contributed by atoms with E-state index in [0.717, 1.165) is 12.8 Å². The number of rotatable bonds is 1. The van der Waals surface area contributed by atoms with Crippen molar-refractivity contribution in [2.45, 2.75) is 25.7 Å². The third-order valence-electron chi connectivity index (χ3n) is 3.99. The van der Waals surface area contributed by atoms with Gasteiger partial charge in [-0.2, -0.15) is 0 Å². The zero-order valence-corrected chi connectivity index (χ0v) is 10.8. The van der Waals surface area contributed by atoms with Gasteiger partial charge in [-0.05, 0) is 53.5 Å². The van der Waals surface area contributed by atoms with Gasteiger partial charge >= 0.3 is 0 Å².